The molecule has 1 heterocycles. The van der Waals surface area contributed by atoms with E-state index in [1.807, 2.05) is 0 Å². The molecule has 1 nitrogen and oxygen atoms in total. The molecule has 1 aromatic carbocycles. The van der Waals surface area contributed by atoms with Gasteiger partial charge in [-0.15, -0.1) is 0 Å². The van der Waals surface area contributed by atoms with E-state index in [0.717, 1.165) is 6.04 Å². The van der Waals surface area contributed by atoms with Crippen molar-refractivity contribution in [2.45, 2.75) is 31.3 Å². The van der Waals surface area contributed by atoms with E-state index in [2.05, 4.69) is 51.2 Å². The fraction of sp³-hybridized carbons (Fsp3) is 0.538. The topological polar surface area (TPSA) is 12.0 Å². The van der Waals surface area contributed by atoms with Gasteiger partial charge in [0.2, 0.25) is 0 Å². The summed E-state index contributed by atoms with van der Waals surface area (Å²) in [7, 11) is 0. The quantitative estimate of drug-likeness (QED) is 0.896. The van der Waals surface area contributed by atoms with Gasteiger partial charge >= 0.3 is 0 Å². The maximum absolute atomic E-state index is 3.82. The molecule has 0 bridgehead atoms. The van der Waals surface area contributed by atoms with Gasteiger partial charge in [-0.1, -0.05) is 22.0 Å². The van der Waals surface area contributed by atoms with E-state index in [9.17, 15) is 0 Å². The molecule has 0 saturated carbocycles. The predicted octanol–water partition coefficient (Wildman–Crippen LogP) is 3.53. The summed E-state index contributed by atoms with van der Waals surface area (Å²) in [6, 6.07) is 8.07. The highest BCUT2D eigenvalue weighted by Gasteiger charge is 2.26. The number of nitrogens with one attached hydrogen (secondary N) is 1. The molecule has 2 atom stereocenters. The van der Waals surface area contributed by atoms with Crippen LogP contribution in [-0.2, 0) is 6.42 Å². The van der Waals surface area contributed by atoms with Crippen molar-refractivity contribution in [2.24, 2.45) is 0 Å². The van der Waals surface area contributed by atoms with E-state index < -0.39 is 0 Å². The van der Waals surface area contributed by atoms with Crippen LogP contribution in [0.3, 0.4) is 0 Å². The van der Waals surface area contributed by atoms with Crippen LogP contribution < -0.4 is 5.32 Å². The number of aryl methyl sites for hydroxylation is 1. The lowest BCUT2D eigenvalue weighted by molar-refractivity contribution is 0.459. The standard InChI is InChI=1S/C13H16BrNS/c14-10-2-3-12-9(7-10)1-4-13(12)15-11-5-6-16-8-11/h2-3,7,11,13,15H,1,4-6,8H2. The second kappa shape index (κ2) is 4.71. The molecule has 1 N–H and O–H groups in total. The van der Waals surface area contributed by atoms with Crippen LogP contribution in [0.4, 0.5) is 0 Å². The summed E-state index contributed by atoms with van der Waals surface area (Å²) in [5, 5.41) is 3.82. The monoisotopic (exact) mass is 297 g/mol. The summed E-state index contributed by atoms with van der Waals surface area (Å²) in [5.74, 6) is 2.62. The first kappa shape index (κ1) is 11.1. The summed E-state index contributed by atoms with van der Waals surface area (Å²) < 4.78 is 1.21. The number of halogens is 1. The summed E-state index contributed by atoms with van der Waals surface area (Å²) >= 11 is 5.63. The van der Waals surface area contributed by atoms with Crippen molar-refractivity contribution in [3.63, 3.8) is 0 Å². The van der Waals surface area contributed by atoms with Gasteiger partial charge in [0, 0.05) is 22.3 Å². The minimum atomic E-state index is 0.604. The van der Waals surface area contributed by atoms with E-state index in [4.69, 9.17) is 0 Å². The van der Waals surface area contributed by atoms with Crippen molar-refractivity contribution < 1.29 is 0 Å². The van der Waals surface area contributed by atoms with Gasteiger partial charge in [0.05, 0.1) is 0 Å². The summed E-state index contributed by atoms with van der Waals surface area (Å²) in [4.78, 5) is 0. The lowest BCUT2D eigenvalue weighted by Gasteiger charge is -2.19. The molecule has 1 aliphatic carbocycles. The Bertz CT molecular complexity index is 388. The van der Waals surface area contributed by atoms with Crippen molar-refractivity contribution in [1.82, 2.24) is 5.32 Å². The van der Waals surface area contributed by atoms with Crippen LogP contribution in [0.1, 0.15) is 30.0 Å². The minimum absolute atomic E-state index is 0.604. The Hall–Kier alpha value is 0.01000. The van der Waals surface area contributed by atoms with Crippen molar-refractivity contribution in [2.75, 3.05) is 11.5 Å². The summed E-state index contributed by atoms with van der Waals surface area (Å²) in [6.45, 7) is 0. The molecule has 0 spiro atoms. The van der Waals surface area contributed by atoms with Crippen LogP contribution in [0.5, 0.6) is 0 Å². The molecule has 0 amide bonds. The number of fused-ring (bicyclic) bond motifs is 1. The van der Waals surface area contributed by atoms with Crippen LogP contribution in [0.15, 0.2) is 22.7 Å². The van der Waals surface area contributed by atoms with Gasteiger partial charge < -0.3 is 5.32 Å². The SMILES string of the molecule is Brc1ccc2c(c1)CCC2NC1CCSC1. The van der Waals surface area contributed by atoms with Gasteiger partial charge in [0.15, 0.2) is 0 Å². The van der Waals surface area contributed by atoms with E-state index in [0.29, 0.717) is 6.04 Å². The third kappa shape index (κ3) is 2.18. The summed E-state index contributed by atoms with van der Waals surface area (Å²) in [6.07, 6.45) is 3.84. The number of thioether (sulfide) groups is 1. The lowest BCUT2D eigenvalue weighted by atomic mass is 10.1. The van der Waals surface area contributed by atoms with Crippen LogP contribution in [0.2, 0.25) is 0 Å². The minimum Gasteiger partial charge on any atom is -0.306 e. The molecule has 0 radical (unpaired) electrons. The molecular weight excluding hydrogens is 282 g/mol. The third-order valence-electron chi connectivity index (χ3n) is 3.55. The lowest BCUT2D eigenvalue weighted by Crippen LogP contribution is -2.31. The third-order valence-corrected chi connectivity index (χ3v) is 5.21. The number of rotatable bonds is 2. The largest absolute Gasteiger partial charge is 0.306 e. The number of hydrogen-bond donors (Lipinski definition) is 1. The Balaban J connectivity index is 1.75. The molecule has 0 aromatic heterocycles. The number of hydrogen-bond acceptors (Lipinski definition) is 2. The molecule has 2 unspecified atom stereocenters. The second-order valence-electron chi connectivity index (χ2n) is 4.66. The van der Waals surface area contributed by atoms with Gasteiger partial charge in [-0.05, 0) is 48.3 Å². The van der Waals surface area contributed by atoms with Crippen molar-refractivity contribution in [3.05, 3.63) is 33.8 Å². The first-order valence-corrected chi connectivity index (χ1v) is 7.90. The smallest absolute Gasteiger partial charge is 0.0328 e. The van der Waals surface area contributed by atoms with E-state index >= 15 is 0 Å². The van der Waals surface area contributed by atoms with Gasteiger partial charge in [-0.2, -0.15) is 11.8 Å². The highest BCUT2D eigenvalue weighted by molar-refractivity contribution is 9.10. The molecule has 1 aromatic rings. The molecule has 16 heavy (non-hydrogen) atoms. The van der Waals surface area contributed by atoms with Crippen LogP contribution >= 0.6 is 27.7 Å². The predicted molar refractivity (Wildman–Crippen MR) is 74.1 cm³/mol. The molecule has 2 aliphatic rings. The van der Waals surface area contributed by atoms with Crippen molar-refractivity contribution in [1.29, 1.82) is 0 Å². The van der Waals surface area contributed by atoms with Gasteiger partial charge in [-0.25, -0.2) is 0 Å². The van der Waals surface area contributed by atoms with Crippen LogP contribution in [-0.4, -0.2) is 17.5 Å². The van der Waals surface area contributed by atoms with E-state index in [-0.39, 0.29) is 0 Å². The Labute approximate surface area is 110 Å². The molecular formula is C13H16BrNS. The first-order valence-electron chi connectivity index (χ1n) is 5.95. The molecule has 3 heteroatoms. The van der Waals surface area contributed by atoms with Gasteiger partial charge in [0.1, 0.15) is 0 Å². The molecule has 1 fully saturated rings. The molecule has 86 valence electrons. The number of benzene rings is 1. The van der Waals surface area contributed by atoms with E-state index in [1.165, 1.54) is 46.4 Å². The van der Waals surface area contributed by atoms with Crippen molar-refractivity contribution >= 4 is 27.7 Å². The molecule has 1 aliphatic heterocycles. The highest BCUT2D eigenvalue weighted by atomic mass is 79.9. The Morgan fingerprint density at radius 2 is 2.25 bits per heavy atom. The van der Waals surface area contributed by atoms with Crippen LogP contribution in [0, 0.1) is 0 Å². The molecule has 1 saturated heterocycles. The zero-order valence-electron chi connectivity index (χ0n) is 9.21. The average molecular weight is 298 g/mol. The van der Waals surface area contributed by atoms with E-state index in [1.54, 1.807) is 0 Å². The Morgan fingerprint density at radius 3 is 3.06 bits per heavy atom. The maximum atomic E-state index is 3.82. The maximum Gasteiger partial charge on any atom is 0.0328 e. The van der Waals surface area contributed by atoms with Crippen molar-refractivity contribution in [3.8, 4) is 0 Å². The Kier molecular flexibility index (Phi) is 3.27. The van der Waals surface area contributed by atoms with Crippen LogP contribution in [0.25, 0.3) is 0 Å². The Morgan fingerprint density at radius 1 is 1.31 bits per heavy atom. The van der Waals surface area contributed by atoms with Gasteiger partial charge in [-0.3, -0.25) is 0 Å². The first-order chi connectivity index (χ1) is 7.83. The fourth-order valence-corrected chi connectivity index (χ4v) is 4.28. The molecule has 3 rings (SSSR count). The van der Waals surface area contributed by atoms with Gasteiger partial charge in [0.25, 0.3) is 0 Å². The zero-order valence-corrected chi connectivity index (χ0v) is 11.6. The zero-order chi connectivity index (χ0) is 11.0. The normalized spacial score (nSPS) is 28.3. The summed E-state index contributed by atoms with van der Waals surface area (Å²) in [5.41, 5.74) is 3.05. The highest BCUT2D eigenvalue weighted by Crippen LogP contribution is 2.34. The fourth-order valence-electron chi connectivity index (χ4n) is 2.71. The average Bonchev–Trinajstić information content (AvgIpc) is 2.89. The second-order valence-corrected chi connectivity index (χ2v) is 6.73.